The minimum atomic E-state index is -0.770. The first kappa shape index (κ1) is 52.9. The van der Waals surface area contributed by atoms with E-state index >= 15 is 0 Å². The highest BCUT2D eigenvalue weighted by Crippen LogP contribution is 2.14. The predicted molar refractivity (Wildman–Crippen MR) is 233 cm³/mol. The Morgan fingerprint density at radius 3 is 0.909 bits per heavy atom. The minimum absolute atomic E-state index is 0.0745. The zero-order valence-electron chi connectivity index (χ0n) is 36.7. The summed E-state index contributed by atoms with van der Waals surface area (Å²) in [6.45, 7) is 6.56. The van der Waals surface area contributed by atoms with Gasteiger partial charge in [0.15, 0.2) is 6.10 Å². The van der Waals surface area contributed by atoms with Gasteiger partial charge in [0.2, 0.25) is 0 Å². The summed E-state index contributed by atoms with van der Waals surface area (Å²) in [6.07, 6.45) is 48.9. The number of rotatable bonds is 43. The molecule has 0 radical (unpaired) electrons. The first-order valence-electron chi connectivity index (χ1n) is 23.8. The molecule has 0 aliphatic carbocycles. The van der Waals surface area contributed by atoms with Crippen molar-refractivity contribution in [3.05, 3.63) is 24.3 Å². The van der Waals surface area contributed by atoms with Crippen LogP contribution < -0.4 is 0 Å². The molecular formula is C49H90O6. The molecule has 1 unspecified atom stereocenters. The van der Waals surface area contributed by atoms with Crippen molar-refractivity contribution in [3.8, 4) is 0 Å². The van der Waals surface area contributed by atoms with Gasteiger partial charge in [0, 0.05) is 19.3 Å². The number of carbonyl (C=O) groups excluding carboxylic acids is 3. The van der Waals surface area contributed by atoms with Gasteiger partial charge in [-0.2, -0.15) is 0 Å². The lowest BCUT2D eigenvalue weighted by atomic mass is 10.1. The number of hydrogen-bond acceptors (Lipinski definition) is 6. The van der Waals surface area contributed by atoms with Gasteiger partial charge in [0.05, 0.1) is 0 Å². The molecule has 322 valence electrons. The predicted octanol–water partition coefficient (Wildman–Crippen LogP) is 15.2. The molecule has 0 amide bonds. The highest BCUT2D eigenvalue weighted by atomic mass is 16.6. The summed E-state index contributed by atoms with van der Waals surface area (Å²) < 4.78 is 16.6. The standard InChI is InChI=1S/C49H90O6/c1-4-7-10-13-16-18-20-22-24-25-26-28-29-31-33-36-39-42-48(51)54-45-46(44-53-47(50)41-38-35-15-12-9-6-3)55-49(52)43-40-37-34-32-30-27-23-21-19-17-14-11-8-5-2/h21-24,46H,4-20,25-45H2,1-3H3/b23-21-,24-22-. The maximum atomic E-state index is 12.7. The van der Waals surface area contributed by atoms with Gasteiger partial charge < -0.3 is 14.2 Å². The molecule has 0 aliphatic heterocycles. The lowest BCUT2D eigenvalue weighted by molar-refractivity contribution is -0.167. The van der Waals surface area contributed by atoms with Crippen LogP contribution in [-0.2, 0) is 28.6 Å². The van der Waals surface area contributed by atoms with Crippen molar-refractivity contribution in [1.82, 2.24) is 0 Å². The van der Waals surface area contributed by atoms with Crippen molar-refractivity contribution < 1.29 is 28.6 Å². The Kier molecular flexibility index (Phi) is 42.9. The second-order valence-corrected chi connectivity index (χ2v) is 16.0. The molecule has 0 aromatic rings. The maximum absolute atomic E-state index is 12.7. The zero-order valence-corrected chi connectivity index (χ0v) is 36.7. The topological polar surface area (TPSA) is 78.9 Å². The summed E-state index contributed by atoms with van der Waals surface area (Å²) >= 11 is 0. The van der Waals surface area contributed by atoms with Crippen molar-refractivity contribution >= 4 is 17.9 Å². The van der Waals surface area contributed by atoms with E-state index in [4.69, 9.17) is 14.2 Å². The van der Waals surface area contributed by atoms with Crippen LogP contribution >= 0.6 is 0 Å². The van der Waals surface area contributed by atoms with E-state index in [1.165, 1.54) is 148 Å². The fraction of sp³-hybridized carbons (Fsp3) is 0.857. The van der Waals surface area contributed by atoms with Crippen LogP contribution in [0.15, 0.2) is 24.3 Å². The Bertz CT molecular complexity index is 896. The Labute approximate surface area is 341 Å². The number of allylic oxidation sites excluding steroid dienone is 4. The van der Waals surface area contributed by atoms with Crippen LogP contribution in [0.25, 0.3) is 0 Å². The normalized spacial score (nSPS) is 12.1. The van der Waals surface area contributed by atoms with Crippen LogP contribution in [0.4, 0.5) is 0 Å². The van der Waals surface area contributed by atoms with Gasteiger partial charge >= 0.3 is 17.9 Å². The van der Waals surface area contributed by atoms with Crippen LogP contribution in [0.3, 0.4) is 0 Å². The van der Waals surface area contributed by atoms with Gasteiger partial charge in [0.1, 0.15) is 13.2 Å². The molecule has 6 nitrogen and oxygen atoms in total. The Balaban J connectivity index is 4.24. The molecule has 0 saturated carbocycles. The molecule has 0 N–H and O–H groups in total. The van der Waals surface area contributed by atoms with Crippen molar-refractivity contribution in [2.45, 2.75) is 258 Å². The molecular weight excluding hydrogens is 685 g/mol. The van der Waals surface area contributed by atoms with E-state index in [9.17, 15) is 14.4 Å². The van der Waals surface area contributed by atoms with E-state index in [2.05, 4.69) is 45.1 Å². The number of esters is 3. The summed E-state index contributed by atoms with van der Waals surface area (Å²) in [4.78, 5) is 37.6. The van der Waals surface area contributed by atoms with E-state index in [1.807, 2.05) is 0 Å². The molecule has 0 heterocycles. The number of carbonyl (C=O) groups is 3. The van der Waals surface area contributed by atoms with Crippen LogP contribution in [0.5, 0.6) is 0 Å². The van der Waals surface area contributed by atoms with E-state index in [0.717, 1.165) is 64.2 Å². The van der Waals surface area contributed by atoms with Crippen LogP contribution in [0, 0.1) is 0 Å². The van der Waals surface area contributed by atoms with Crippen LogP contribution in [0.1, 0.15) is 252 Å². The highest BCUT2D eigenvalue weighted by molar-refractivity contribution is 5.71. The average Bonchev–Trinajstić information content (AvgIpc) is 3.18. The van der Waals surface area contributed by atoms with Crippen molar-refractivity contribution in [2.24, 2.45) is 0 Å². The van der Waals surface area contributed by atoms with Crippen molar-refractivity contribution in [2.75, 3.05) is 13.2 Å². The summed E-state index contributed by atoms with van der Waals surface area (Å²) in [5, 5.41) is 0. The van der Waals surface area contributed by atoms with Crippen molar-refractivity contribution in [3.63, 3.8) is 0 Å². The Morgan fingerprint density at radius 2 is 0.600 bits per heavy atom. The molecule has 0 aromatic carbocycles. The van der Waals surface area contributed by atoms with E-state index < -0.39 is 6.10 Å². The quantitative estimate of drug-likeness (QED) is 0.0266. The van der Waals surface area contributed by atoms with Gasteiger partial charge in [-0.1, -0.05) is 186 Å². The Hall–Kier alpha value is -2.11. The molecule has 0 spiro atoms. The summed E-state index contributed by atoms with van der Waals surface area (Å²) in [5.41, 5.74) is 0. The zero-order chi connectivity index (χ0) is 40.1. The van der Waals surface area contributed by atoms with E-state index in [0.29, 0.717) is 19.3 Å². The van der Waals surface area contributed by atoms with Gasteiger partial charge in [-0.25, -0.2) is 0 Å². The molecule has 0 fully saturated rings. The van der Waals surface area contributed by atoms with Gasteiger partial charge in [-0.3, -0.25) is 14.4 Å². The summed E-state index contributed by atoms with van der Waals surface area (Å²) in [6, 6.07) is 0. The minimum Gasteiger partial charge on any atom is -0.462 e. The van der Waals surface area contributed by atoms with Crippen LogP contribution in [-0.4, -0.2) is 37.2 Å². The third-order valence-electron chi connectivity index (χ3n) is 10.4. The average molecular weight is 775 g/mol. The summed E-state index contributed by atoms with van der Waals surface area (Å²) in [5.74, 6) is -0.891. The fourth-order valence-electron chi connectivity index (χ4n) is 6.78. The molecule has 6 heteroatoms. The Morgan fingerprint density at radius 1 is 0.345 bits per heavy atom. The molecule has 1 atom stereocenters. The van der Waals surface area contributed by atoms with Crippen LogP contribution in [0.2, 0.25) is 0 Å². The summed E-state index contributed by atoms with van der Waals surface area (Å²) in [7, 11) is 0. The number of ether oxygens (including phenoxy) is 3. The smallest absolute Gasteiger partial charge is 0.306 e. The first-order valence-corrected chi connectivity index (χ1v) is 23.8. The monoisotopic (exact) mass is 775 g/mol. The largest absolute Gasteiger partial charge is 0.462 e. The molecule has 0 rings (SSSR count). The highest BCUT2D eigenvalue weighted by Gasteiger charge is 2.19. The van der Waals surface area contributed by atoms with Gasteiger partial charge in [-0.05, 0) is 70.6 Å². The van der Waals surface area contributed by atoms with Crippen molar-refractivity contribution in [1.29, 1.82) is 0 Å². The molecule has 0 saturated heterocycles. The van der Waals surface area contributed by atoms with E-state index in [1.54, 1.807) is 0 Å². The third-order valence-corrected chi connectivity index (χ3v) is 10.4. The fourth-order valence-corrected chi connectivity index (χ4v) is 6.78. The van der Waals surface area contributed by atoms with Gasteiger partial charge in [0.25, 0.3) is 0 Å². The molecule has 0 aromatic heterocycles. The molecule has 55 heavy (non-hydrogen) atoms. The third kappa shape index (κ3) is 42.9. The number of unbranched alkanes of at least 4 members (excludes halogenated alkanes) is 28. The lowest BCUT2D eigenvalue weighted by Crippen LogP contribution is -2.30. The first-order chi connectivity index (χ1) is 27.0. The second-order valence-electron chi connectivity index (χ2n) is 16.0. The SMILES string of the molecule is CCCCCCC/C=C\CCCCCCCC(=O)OC(COC(=O)CCCCCCCC)COC(=O)CCCCCCCCC/C=C\CCCCCCCC. The molecule has 0 bridgehead atoms. The second kappa shape index (κ2) is 44.6. The van der Waals surface area contributed by atoms with E-state index in [-0.39, 0.29) is 31.1 Å². The van der Waals surface area contributed by atoms with Gasteiger partial charge in [-0.15, -0.1) is 0 Å². The number of hydrogen-bond donors (Lipinski definition) is 0. The lowest BCUT2D eigenvalue weighted by Gasteiger charge is -2.18. The molecule has 0 aliphatic rings. The maximum Gasteiger partial charge on any atom is 0.306 e.